The molecule has 0 unspecified atom stereocenters. The van der Waals surface area contributed by atoms with E-state index in [4.69, 9.17) is 21.1 Å². The summed E-state index contributed by atoms with van der Waals surface area (Å²) in [6, 6.07) is 13.2. The summed E-state index contributed by atoms with van der Waals surface area (Å²) in [6.07, 6.45) is 0.501. The van der Waals surface area contributed by atoms with Crippen LogP contribution in [0.1, 0.15) is 36.1 Å². The quantitative estimate of drug-likeness (QED) is 0.559. The molecule has 0 saturated heterocycles. The maximum Gasteiger partial charge on any atom is 0.240 e. The van der Waals surface area contributed by atoms with E-state index in [0.29, 0.717) is 23.1 Å². The van der Waals surface area contributed by atoms with Gasteiger partial charge in [-0.3, -0.25) is 4.79 Å². The molecule has 0 N–H and O–H groups in total. The second-order valence-corrected chi connectivity index (χ2v) is 7.57. The molecule has 2 heterocycles. The van der Waals surface area contributed by atoms with Gasteiger partial charge in [-0.2, -0.15) is 5.10 Å². The van der Waals surface area contributed by atoms with E-state index in [-0.39, 0.29) is 11.9 Å². The molecular weight excluding hydrogens is 402 g/mol. The van der Waals surface area contributed by atoms with E-state index in [2.05, 4.69) is 10.1 Å². The molecule has 0 saturated carbocycles. The number of hydrazone groups is 1. The average Bonchev–Trinajstić information content (AvgIpc) is 3.19. The minimum absolute atomic E-state index is 0.164. The molecule has 2 aromatic carbocycles. The lowest BCUT2D eigenvalue weighted by Crippen LogP contribution is -2.24. The Kier molecular flexibility index (Phi) is 5.35. The van der Waals surface area contributed by atoms with E-state index in [1.807, 2.05) is 43.3 Å². The fourth-order valence-corrected chi connectivity index (χ4v) is 4.08. The van der Waals surface area contributed by atoms with Gasteiger partial charge in [0.15, 0.2) is 0 Å². The van der Waals surface area contributed by atoms with E-state index < -0.39 is 0 Å². The summed E-state index contributed by atoms with van der Waals surface area (Å²) < 4.78 is 10.8. The van der Waals surface area contributed by atoms with Gasteiger partial charge in [-0.1, -0.05) is 29.8 Å². The third-order valence-corrected chi connectivity index (χ3v) is 5.64. The fourth-order valence-electron chi connectivity index (χ4n) is 3.82. The van der Waals surface area contributed by atoms with Gasteiger partial charge in [0, 0.05) is 35.9 Å². The number of pyridine rings is 1. The molecule has 1 atom stereocenters. The number of benzene rings is 2. The van der Waals surface area contributed by atoms with E-state index >= 15 is 0 Å². The molecule has 3 aromatic rings. The van der Waals surface area contributed by atoms with Crippen molar-refractivity contribution < 1.29 is 14.3 Å². The van der Waals surface area contributed by atoms with Gasteiger partial charge in [0.25, 0.3) is 0 Å². The third kappa shape index (κ3) is 3.48. The van der Waals surface area contributed by atoms with Gasteiger partial charge < -0.3 is 9.47 Å². The maximum atomic E-state index is 12.4. The number of carbonyl (C=O) groups is 1. The molecule has 4 rings (SSSR count). The van der Waals surface area contributed by atoms with Gasteiger partial charge in [0.2, 0.25) is 5.91 Å². The zero-order chi connectivity index (χ0) is 21.4. The smallest absolute Gasteiger partial charge is 0.240 e. The minimum Gasteiger partial charge on any atom is -0.497 e. The van der Waals surface area contributed by atoms with Crippen molar-refractivity contribution in [3.8, 4) is 11.5 Å². The van der Waals surface area contributed by atoms with Crippen molar-refractivity contribution in [3.05, 3.63) is 64.3 Å². The lowest BCUT2D eigenvalue weighted by Gasteiger charge is -2.21. The molecule has 6 nitrogen and oxygen atoms in total. The largest absolute Gasteiger partial charge is 0.497 e. The molecule has 0 spiro atoms. The summed E-state index contributed by atoms with van der Waals surface area (Å²) in [6.45, 7) is 3.50. The standard InChI is InChI=1S/C23H22ClN3O3/c1-13-6-5-7-15-10-18(23(24)25-22(13)15)20-12-19(26-27(20)14(2)28)17-9-8-16(29-3)11-21(17)30-4/h5-11,20H,12H2,1-4H3/t20-/m1/s1. The van der Waals surface area contributed by atoms with Crippen LogP contribution < -0.4 is 9.47 Å². The summed E-state index contributed by atoms with van der Waals surface area (Å²) in [7, 11) is 3.20. The molecule has 0 radical (unpaired) electrons. The van der Waals surface area contributed by atoms with Crippen LogP contribution in [0.5, 0.6) is 11.5 Å². The molecule has 1 amide bonds. The molecule has 1 aliphatic heterocycles. The van der Waals surface area contributed by atoms with Crippen molar-refractivity contribution >= 4 is 34.1 Å². The molecule has 30 heavy (non-hydrogen) atoms. The van der Waals surface area contributed by atoms with Crippen LogP contribution in [-0.2, 0) is 4.79 Å². The SMILES string of the molecule is COc1ccc(C2=NN(C(C)=O)[C@@H](c3cc4cccc(C)c4nc3Cl)C2)c(OC)c1. The number of amides is 1. The predicted molar refractivity (Wildman–Crippen MR) is 117 cm³/mol. The van der Waals surface area contributed by atoms with Gasteiger partial charge in [-0.15, -0.1) is 0 Å². The summed E-state index contributed by atoms with van der Waals surface area (Å²) in [5.74, 6) is 1.16. The number of carbonyl (C=O) groups excluding carboxylic acids is 1. The Morgan fingerprint density at radius 1 is 1.17 bits per heavy atom. The van der Waals surface area contributed by atoms with Gasteiger partial charge in [-0.25, -0.2) is 9.99 Å². The first-order valence-corrected chi connectivity index (χ1v) is 9.96. The van der Waals surface area contributed by atoms with Gasteiger partial charge in [0.1, 0.15) is 16.7 Å². The van der Waals surface area contributed by atoms with Crippen LogP contribution in [0.2, 0.25) is 5.15 Å². The van der Waals surface area contributed by atoms with Gasteiger partial charge >= 0.3 is 0 Å². The number of hydrogen-bond donors (Lipinski definition) is 0. The predicted octanol–water partition coefficient (Wildman–Crippen LogP) is 4.91. The van der Waals surface area contributed by atoms with Crippen LogP contribution in [0, 0.1) is 6.92 Å². The Bertz CT molecular complexity index is 1180. The van der Waals surface area contributed by atoms with Gasteiger partial charge in [-0.05, 0) is 30.7 Å². The highest BCUT2D eigenvalue weighted by atomic mass is 35.5. The second-order valence-electron chi connectivity index (χ2n) is 7.21. The van der Waals surface area contributed by atoms with Crippen LogP contribution in [0.15, 0.2) is 47.6 Å². The normalized spacial score (nSPS) is 16.0. The first kappa shape index (κ1) is 20.2. The highest BCUT2D eigenvalue weighted by Gasteiger charge is 2.34. The Morgan fingerprint density at radius 3 is 2.67 bits per heavy atom. The first-order valence-electron chi connectivity index (χ1n) is 9.58. The molecular formula is C23H22ClN3O3. The van der Waals surface area contributed by atoms with Crippen molar-refractivity contribution in [1.82, 2.24) is 9.99 Å². The second kappa shape index (κ2) is 7.95. The molecule has 154 valence electrons. The highest BCUT2D eigenvalue weighted by molar-refractivity contribution is 6.30. The Morgan fingerprint density at radius 2 is 1.97 bits per heavy atom. The number of fused-ring (bicyclic) bond motifs is 1. The van der Waals surface area contributed by atoms with Crippen molar-refractivity contribution in [2.45, 2.75) is 26.3 Å². The summed E-state index contributed by atoms with van der Waals surface area (Å²) in [5.41, 5.74) is 4.24. The van der Waals surface area contributed by atoms with E-state index in [1.165, 1.54) is 11.9 Å². The summed E-state index contributed by atoms with van der Waals surface area (Å²) in [5, 5.41) is 7.45. The van der Waals surface area contributed by atoms with Crippen LogP contribution in [0.3, 0.4) is 0 Å². The van der Waals surface area contributed by atoms with Crippen molar-refractivity contribution in [2.75, 3.05) is 14.2 Å². The summed E-state index contributed by atoms with van der Waals surface area (Å²) in [4.78, 5) is 17.0. The maximum absolute atomic E-state index is 12.4. The number of halogens is 1. The van der Waals surface area contributed by atoms with Crippen molar-refractivity contribution in [2.24, 2.45) is 5.10 Å². The monoisotopic (exact) mass is 423 g/mol. The number of hydrogen-bond acceptors (Lipinski definition) is 5. The van der Waals surface area contributed by atoms with Crippen LogP contribution in [0.25, 0.3) is 10.9 Å². The fraction of sp³-hybridized carbons (Fsp3) is 0.261. The molecule has 7 heteroatoms. The van der Waals surface area contributed by atoms with Crippen LogP contribution in [-0.4, -0.2) is 35.8 Å². The van der Waals surface area contributed by atoms with Crippen LogP contribution >= 0.6 is 11.6 Å². The number of nitrogens with zero attached hydrogens (tertiary/aromatic N) is 3. The summed E-state index contributed by atoms with van der Waals surface area (Å²) >= 11 is 6.58. The van der Waals surface area contributed by atoms with E-state index in [0.717, 1.165) is 33.3 Å². The molecule has 0 bridgehead atoms. The Balaban J connectivity index is 1.78. The lowest BCUT2D eigenvalue weighted by molar-refractivity contribution is -0.130. The lowest BCUT2D eigenvalue weighted by atomic mass is 9.97. The number of rotatable bonds is 4. The zero-order valence-corrected chi connectivity index (χ0v) is 18.0. The van der Waals surface area contributed by atoms with Crippen LogP contribution in [0.4, 0.5) is 0 Å². The number of aryl methyl sites for hydroxylation is 1. The topological polar surface area (TPSA) is 64.0 Å². The number of ether oxygens (including phenoxy) is 2. The number of para-hydroxylation sites is 1. The highest BCUT2D eigenvalue weighted by Crippen LogP contribution is 2.39. The van der Waals surface area contributed by atoms with E-state index in [1.54, 1.807) is 20.3 Å². The molecule has 0 fully saturated rings. The van der Waals surface area contributed by atoms with Gasteiger partial charge in [0.05, 0.1) is 31.5 Å². The van der Waals surface area contributed by atoms with Crippen molar-refractivity contribution in [3.63, 3.8) is 0 Å². The first-order chi connectivity index (χ1) is 14.4. The van der Waals surface area contributed by atoms with E-state index in [9.17, 15) is 4.79 Å². The minimum atomic E-state index is -0.339. The Hall–Kier alpha value is -3.12. The third-order valence-electron chi connectivity index (χ3n) is 5.34. The molecule has 1 aliphatic rings. The molecule has 0 aliphatic carbocycles. The average molecular weight is 424 g/mol. The number of aromatic nitrogens is 1. The molecule has 1 aromatic heterocycles. The van der Waals surface area contributed by atoms with Crippen molar-refractivity contribution in [1.29, 1.82) is 0 Å². The zero-order valence-electron chi connectivity index (χ0n) is 17.3. The Labute approximate surface area is 180 Å². The number of methoxy groups -OCH3 is 2.